The first-order valence-corrected chi connectivity index (χ1v) is 7.65. The summed E-state index contributed by atoms with van der Waals surface area (Å²) in [5.74, 6) is 0.636. The Kier molecular flexibility index (Phi) is 5.37. The van der Waals surface area contributed by atoms with Crippen molar-refractivity contribution in [3.8, 4) is 5.75 Å². The molecular weight excluding hydrogens is 333 g/mol. The van der Waals surface area contributed by atoms with Crippen LogP contribution in [0.5, 0.6) is 5.75 Å². The van der Waals surface area contributed by atoms with E-state index < -0.39 is 0 Å². The van der Waals surface area contributed by atoms with E-state index in [0.29, 0.717) is 5.56 Å². The van der Waals surface area contributed by atoms with Gasteiger partial charge in [-0.3, -0.25) is 0 Å². The maximum Gasteiger partial charge on any atom is 0.128 e. The van der Waals surface area contributed by atoms with Gasteiger partial charge in [0.1, 0.15) is 11.6 Å². The van der Waals surface area contributed by atoms with Gasteiger partial charge in [0.25, 0.3) is 0 Å². The quantitative estimate of drug-likeness (QED) is 0.817. The van der Waals surface area contributed by atoms with Crippen molar-refractivity contribution in [3.63, 3.8) is 0 Å². The molecule has 1 N–H and O–H groups in total. The minimum atomic E-state index is -0.194. The van der Waals surface area contributed by atoms with Gasteiger partial charge in [0.2, 0.25) is 0 Å². The molecule has 4 heteroatoms. The second-order valence-corrected chi connectivity index (χ2v) is 5.96. The normalized spacial score (nSPS) is 13.8. The summed E-state index contributed by atoms with van der Waals surface area (Å²) in [6.45, 7) is 4.03. The molecular formula is C17H19BrFNO. The predicted octanol–water partition coefficient (Wildman–Crippen LogP) is 5.01. The van der Waals surface area contributed by atoms with Crippen molar-refractivity contribution in [1.82, 2.24) is 5.32 Å². The highest BCUT2D eigenvalue weighted by atomic mass is 79.9. The second kappa shape index (κ2) is 7.05. The average Bonchev–Trinajstić information content (AvgIpc) is 2.49. The summed E-state index contributed by atoms with van der Waals surface area (Å²) in [5, 5.41) is 3.42. The van der Waals surface area contributed by atoms with E-state index in [4.69, 9.17) is 4.74 Å². The lowest BCUT2D eigenvalue weighted by molar-refractivity contribution is 0.414. The summed E-state index contributed by atoms with van der Waals surface area (Å²) in [6.07, 6.45) is 0. The Hall–Kier alpha value is -1.39. The predicted molar refractivity (Wildman–Crippen MR) is 87.1 cm³/mol. The molecule has 0 fully saturated rings. The molecule has 0 aliphatic carbocycles. The Morgan fingerprint density at radius 1 is 1.05 bits per heavy atom. The zero-order chi connectivity index (χ0) is 15.4. The van der Waals surface area contributed by atoms with Crippen LogP contribution in [0.25, 0.3) is 0 Å². The molecule has 0 aliphatic rings. The lowest BCUT2D eigenvalue weighted by atomic mass is 10.0. The molecule has 2 rings (SSSR count). The maximum absolute atomic E-state index is 13.9. The van der Waals surface area contributed by atoms with Gasteiger partial charge in [-0.25, -0.2) is 4.39 Å². The SMILES string of the molecule is COc1ccc(C(C)NC(C)c2cc(Br)ccc2F)cc1. The first kappa shape index (κ1) is 16.0. The number of ether oxygens (including phenoxy) is 1. The third-order valence-electron chi connectivity index (χ3n) is 3.54. The molecule has 21 heavy (non-hydrogen) atoms. The highest BCUT2D eigenvalue weighted by molar-refractivity contribution is 9.10. The molecule has 0 saturated carbocycles. The zero-order valence-electron chi connectivity index (χ0n) is 12.4. The van der Waals surface area contributed by atoms with Crippen LogP contribution in [0, 0.1) is 5.82 Å². The average molecular weight is 352 g/mol. The van der Waals surface area contributed by atoms with Crippen molar-refractivity contribution in [1.29, 1.82) is 0 Å². The Morgan fingerprint density at radius 3 is 2.33 bits per heavy atom. The standard InChI is InChI=1S/C17H19BrFNO/c1-11(13-4-7-15(21-3)8-5-13)20-12(2)16-10-14(18)6-9-17(16)19/h4-12,20H,1-3H3. The zero-order valence-corrected chi connectivity index (χ0v) is 13.9. The number of hydrogen-bond donors (Lipinski definition) is 1. The molecule has 0 saturated heterocycles. The Morgan fingerprint density at radius 2 is 1.71 bits per heavy atom. The third-order valence-corrected chi connectivity index (χ3v) is 4.03. The second-order valence-electron chi connectivity index (χ2n) is 5.05. The third kappa shape index (κ3) is 4.05. The lowest BCUT2D eigenvalue weighted by Gasteiger charge is -2.21. The van der Waals surface area contributed by atoms with Crippen LogP contribution in [0.15, 0.2) is 46.9 Å². The largest absolute Gasteiger partial charge is 0.497 e. The Labute approximate surface area is 133 Å². The Balaban J connectivity index is 2.10. The van der Waals surface area contributed by atoms with Crippen molar-refractivity contribution in [2.45, 2.75) is 25.9 Å². The molecule has 0 amide bonds. The van der Waals surface area contributed by atoms with Crippen LogP contribution in [-0.4, -0.2) is 7.11 Å². The first-order valence-electron chi connectivity index (χ1n) is 6.86. The number of hydrogen-bond acceptors (Lipinski definition) is 2. The van der Waals surface area contributed by atoms with Crippen LogP contribution in [0.4, 0.5) is 4.39 Å². The van der Waals surface area contributed by atoms with Gasteiger partial charge in [-0.05, 0) is 49.7 Å². The van der Waals surface area contributed by atoms with Crippen LogP contribution >= 0.6 is 15.9 Å². The van der Waals surface area contributed by atoms with E-state index in [-0.39, 0.29) is 17.9 Å². The van der Waals surface area contributed by atoms with Crippen LogP contribution in [0.1, 0.15) is 37.1 Å². The fourth-order valence-corrected chi connectivity index (χ4v) is 2.68. The molecule has 2 atom stereocenters. The van der Waals surface area contributed by atoms with Crippen molar-refractivity contribution < 1.29 is 9.13 Å². The summed E-state index contributed by atoms with van der Waals surface area (Å²) in [6, 6.07) is 12.9. The van der Waals surface area contributed by atoms with Gasteiger partial charge in [0.05, 0.1) is 7.11 Å². The number of methoxy groups -OCH3 is 1. The highest BCUT2D eigenvalue weighted by Gasteiger charge is 2.15. The van der Waals surface area contributed by atoms with E-state index in [0.717, 1.165) is 15.8 Å². The smallest absolute Gasteiger partial charge is 0.128 e. The highest BCUT2D eigenvalue weighted by Crippen LogP contribution is 2.25. The van der Waals surface area contributed by atoms with Gasteiger partial charge in [0, 0.05) is 22.1 Å². The molecule has 0 aliphatic heterocycles. The van der Waals surface area contributed by atoms with E-state index in [1.807, 2.05) is 37.3 Å². The van der Waals surface area contributed by atoms with Crippen LogP contribution in [0.3, 0.4) is 0 Å². The van der Waals surface area contributed by atoms with Crippen LogP contribution < -0.4 is 10.1 Å². The minimum absolute atomic E-state index is 0.0837. The van der Waals surface area contributed by atoms with E-state index in [9.17, 15) is 4.39 Å². The van der Waals surface area contributed by atoms with Crippen molar-refractivity contribution in [2.24, 2.45) is 0 Å². The van der Waals surface area contributed by atoms with Gasteiger partial charge in [-0.1, -0.05) is 28.1 Å². The molecule has 2 aromatic rings. The summed E-state index contributed by atoms with van der Waals surface area (Å²) in [7, 11) is 1.65. The molecule has 0 radical (unpaired) electrons. The monoisotopic (exact) mass is 351 g/mol. The molecule has 2 unspecified atom stereocenters. The van der Waals surface area contributed by atoms with Crippen molar-refractivity contribution in [3.05, 3.63) is 63.9 Å². The lowest BCUT2D eigenvalue weighted by Crippen LogP contribution is -2.23. The summed E-state index contributed by atoms with van der Waals surface area (Å²) >= 11 is 3.38. The van der Waals surface area contributed by atoms with Gasteiger partial charge in [-0.2, -0.15) is 0 Å². The van der Waals surface area contributed by atoms with Gasteiger partial charge < -0.3 is 10.1 Å². The van der Waals surface area contributed by atoms with Gasteiger partial charge in [-0.15, -0.1) is 0 Å². The summed E-state index contributed by atoms with van der Waals surface area (Å²) in [4.78, 5) is 0. The number of halogens is 2. The van der Waals surface area contributed by atoms with Gasteiger partial charge >= 0.3 is 0 Å². The fourth-order valence-electron chi connectivity index (χ4n) is 2.30. The molecule has 2 nitrogen and oxygen atoms in total. The fraction of sp³-hybridized carbons (Fsp3) is 0.294. The number of benzene rings is 2. The Bertz CT molecular complexity index is 600. The minimum Gasteiger partial charge on any atom is -0.497 e. The first-order chi connectivity index (χ1) is 10.0. The topological polar surface area (TPSA) is 21.3 Å². The number of nitrogens with one attached hydrogen (secondary N) is 1. The molecule has 0 bridgehead atoms. The van der Waals surface area contributed by atoms with E-state index in [1.165, 1.54) is 6.07 Å². The molecule has 0 spiro atoms. The molecule has 0 heterocycles. The number of rotatable bonds is 5. The van der Waals surface area contributed by atoms with E-state index in [2.05, 4.69) is 28.2 Å². The molecule has 112 valence electrons. The van der Waals surface area contributed by atoms with E-state index >= 15 is 0 Å². The summed E-state index contributed by atoms with van der Waals surface area (Å²) < 4.78 is 19.9. The molecule has 2 aromatic carbocycles. The van der Waals surface area contributed by atoms with Crippen molar-refractivity contribution >= 4 is 15.9 Å². The van der Waals surface area contributed by atoms with Crippen LogP contribution in [0.2, 0.25) is 0 Å². The van der Waals surface area contributed by atoms with Gasteiger partial charge in [0.15, 0.2) is 0 Å². The maximum atomic E-state index is 13.9. The molecule has 0 aromatic heterocycles. The van der Waals surface area contributed by atoms with Crippen molar-refractivity contribution in [2.75, 3.05) is 7.11 Å². The van der Waals surface area contributed by atoms with E-state index in [1.54, 1.807) is 13.2 Å². The summed E-state index contributed by atoms with van der Waals surface area (Å²) in [5.41, 5.74) is 1.79. The van der Waals surface area contributed by atoms with Crippen LogP contribution in [-0.2, 0) is 0 Å².